The van der Waals surface area contributed by atoms with Crippen molar-refractivity contribution in [2.75, 3.05) is 13.6 Å². The van der Waals surface area contributed by atoms with Crippen molar-refractivity contribution in [3.05, 3.63) is 105 Å². The zero-order valence-electron chi connectivity index (χ0n) is 14.8. The maximum absolute atomic E-state index is 13.2. The van der Waals surface area contributed by atoms with Gasteiger partial charge in [-0.1, -0.05) is 78.9 Å². The molecule has 3 heteroatoms. The van der Waals surface area contributed by atoms with Gasteiger partial charge in [-0.2, -0.15) is 0 Å². The van der Waals surface area contributed by atoms with Crippen LogP contribution >= 0.6 is 22.6 Å². The lowest BCUT2D eigenvalue weighted by Crippen LogP contribution is -2.32. The molecule has 132 valence electrons. The summed E-state index contributed by atoms with van der Waals surface area (Å²) in [6, 6.07) is 27.7. The fourth-order valence-electron chi connectivity index (χ4n) is 3.13. The Morgan fingerprint density at radius 2 is 1.46 bits per heavy atom. The molecule has 0 amide bonds. The molecule has 26 heavy (non-hydrogen) atoms. The molecule has 0 aliphatic carbocycles. The highest BCUT2D eigenvalue weighted by Gasteiger charge is 2.25. The maximum Gasteiger partial charge on any atom is 0.184 e. The fourth-order valence-corrected chi connectivity index (χ4v) is 3.79. The van der Waals surface area contributed by atoms with E-state index in [0.717, 1.165) is 24.1 Å². The summed E-state index contributed by atoms with van der Waals surface area (Å²) in [7, 11) is 2.04. The average molecular weight is 455 g/mol. The Morgan fingerprint density at radius 1 is 0.885 bits per heavy atom. The number of ketones is 1. The molecular weight excluding hydrogens is 433 g/mol. The van der Waals surface area contributed by atoms with Crippen LogP contribution in [0.15, 0.2) is 84.9 Å². The van der Waals surface area contributed by atoms with E-state index in [2.05, 4.69) is 51.8 Å². The Morgan fingerprint density at radius 3 is 2.12 bits per heavy atom. The summed E-state index contributed by atoms with van der Waals surface area (Å²) < 4.78 is 1.27. The highest BCUT2D eigenvalue weighted by atomic mass is 127. The van der Waals surface area contributed by atoms with Gasteiger partial charge in [-0.05, 0) is 53.3 Å². The number of benzene rings is 3. The van der Waals surface area contributed by atoms with Crippen molar-refractivity contribution in [2.24, 2.45) is 0 Å². The Kier molecular flexibility index (Phi) is 6.58. The van der Waals surface area contributed by atoms with Crippen molar-refractivity contribution in [2.45, 2.75) is 12.5 Å². The van der Waals surface area contributed by atoms with Crippen molar-refractivity contribution in [1.82, 2.24) is 4.90 Å². The first-order valence-corrected chi connectivity index (χ1v) is 9.82. The lowest BCUT2D eigenvalue weighted by Gasteiger charge is -2.27. The van der Waals surface area contributed by atoms with Gasteiger partial charge in [0.15, 0.2) is 5.78 Å². The molecule has 0 aliphatic heterocycles. The van der Waals surface area contributed by atoms with Gasteiger partial charge in [0.25, 0.3) is 0 Å². The first-order chi connectivity index (χ1) is 12.7. The number of Topliss-reactive ketones (excluding diaryl/α,β-unsaturated/α-hetero) is 1. The van der Waals surface area contributed by atoms with Crippen LogP contribution in [0.3, 0.4) is 0 Å². The molecule has 0 aliphatic rings. The number of carbonyl (C=O) groups is 1. The monoisotopic (exact) mass is 455 g/mol. The molecule has 1 atom stereocenters. The standard InChI is InChI=1S/C23H22INO/c1-25(17-16-18-10-8-9-15-21(18)24)22(19-11-4-2-5-12-19)23(26)20-13-6-3-7-14-20/h2-15,22H,16-17H2,1H3. The van der Waals surface area contributed by atoms with Crippen LogP contribution in [0, 0.1) is 3.57 Å². The molecule has 0 saturated carbocycles. The molecule has 2 nitrogen and oxygen atoms in total. The summed E-state index contributed by atoms with van der Waals surface area (Å²) in [5, 5.41) is 0. The molecule has 0 saturated heterocycles. The van der Waals surface area contributed by atoms with E-state index < -0.39 is 0 Å². The van der Waals surface area contributed by atoms with Gasteiger partial charge in [-0.3, -0.25) is 9.69 Å². The second kappa shape index (κ2) is 9.10. The van der Waals surface area contributed by atoms with Gasteiger partial charge in [-0.25, -0.2) is 0 Å². The van der Waals surface area contributed by atoms with E-state index in [9.17, 15) is 4.79 Å². The molecule has 0 N–H and O–H groups in total. The number of nitrogens with zero attached hydrogens (tertiary/aromatic N) is 1. The van der Waals surface area contributed by atoms with Gasteiger partial charge in [-0.15, -0.1) is 0 Å². The summed E-state index contributed by atoms with van der Waals surface area (Å²) in [5.41, 5.74) is 3.10. The number of hydrogen-bond donors (Lipinski definition) is 0. The Hall–Kier alpha value is -1.98. The van der Waals surface area contributed by atoms with Crippen LogP contribution in [0.25, 0.3) is 0 Å². The van der Waals surface area contributed by atoms with E-state index in [0.29, 0.717) is 0 Å². The van der Waals surface area contributed by atoms with E-state index in [-0.39, 0.29) is 11.8 Å². The van der Waals surface area contributed by atoms with Crippen LogP contribution in [0.5, 0.6) is 0 Å². The third-order valence-electron chi connectivity index (χ3n) is 4.55. The molecule has 0 heterocycles. The van der Waals surface area contributed by atoms with Crippen LogP contribution in [0.1, 0.15) is 27.5 Å². The number of likely N-dealkylation sites (N-methyl/N-ethyl adjacent to an activating group) is 1. The van der Waals surface area contributed by atoms with E-state index in [1.807, 2.05) is 67.7 Å². The normalized spacial score (nSPS) is 12.1. The largest absolute Gasteiger partial charge is 0.292 e. The highest BCUT2D eigenvalue weighted by molar-refractivity contribution is 14.1. The first-order valence-electron chi connectivity index (χ1n) is 8.74. The van der Waals surface area contributed by atoms with E-state index in [4.69, 9.17) is 0 Å². The molecule has 3 aromatic carbocycles. The number of halogens is 1. The number of carbonyl (C=O) groups excluding carboxylic acids is 1. The lowest BCUT2D eigenvalue weighted by atomic mass is 9.96. The molecule has 0 aromatic heterocycles. The van der Waals surface area contributed by atoms with Crippen LogP contribution in [-0.4, -0.2) is 24.3 Å². The van der Waals surface area contributed by atoms with Crippen molar-refractivity contribution >= 4 is 28.4 Å². The summed E-state index contributed by atoms with van der Waals surface area (Å²) in [4.78, 5) is 15.4. The highest BCUT2D eigenvalue weighted by Crippen LogP contribution is 2.25. The Bertz CT molecular complexity index is 848. The quantitative estimate of drug-likeness (QED) is 0.352. The van der Waals surface area contributed by atoms with Crippen molar-refractivity contribution in [3.63, 3.8) is 0 Å². The van der Waals surface area contributed by atoms with Crippen molar-refractivity contribution in [3.8, 4) is 0 Å². The topological polar surface area (TPSA) is 20.3 Å². The van der Waals surface area contributed by atoms with Crippen LogP contribution in [0.2, 0.25) is 0 Å². The van der Waals surface area contributed by atoms with E-state index >= 15 is 0 Å². The maximum atomic E-state index is 13.2. The van der Waals surface area contributed by atoms with E-state index in [1.54, 1.807) is 0 Å². The van der Waals surface area contributed by atoms with Crippen LogP contribution in [0.4, 0.5) is 0 Å². The summed E-state index contributed by atoms with van der Waals surface area (Å²) in [6.45, 7) is 0.818. The summed E-state index contributed by atoms with van der Waals surface area (Å²) in [5.74, 6) is 0.141. The lowest BCUT2D eigenvalue weighted by molar-refractivity contribution is 0.0852. The van der Waals surface area contributed by atoms with Gasteiger partial charge < -0.3 is 0 Å². The molecule has 0 fully saturated rings. The van der Waals surface area contributed by atoms with Gasteiger partial charge >= 0.3 is 0 Å². The van der Waals surface area contributed by atoms with Crippen molar-refractivity contribution < 1.29 is 4.79 Å². The Balaban J connectivity index is 1.83. The fraction of sp³-hybridized carbons (Fsp3) is 0.174. The predicted molar refractivity (Wildman–Crippen MR) is 115 cm³/mol. The molecule has 3 aromatic rings. The van der Waals surface area contributed by atoms with Gasteiger partial charge in [0.2, 0.25) is 0 Å². The summed E-state index contributed by atoms with van der Waals surface area (Å²) in [6.07, 6.45) is 0.918. The smallest absolute Gasteiger partial charge is 0.184 e. The molecule has 0 spiro atoms. The average Bonchev–Trinajstić information content (AvgIpc) is 2.69. The second-order valence-electron chi connectivity index (χ2n) is 6.37. The zero-order valence-corrected chi connectivity index (χ0v) is 17.0. The molecule has 1 unspecified atom stereocenters. The predicted octanol–water partition coefficient (Wildman–Crippen LogP) is 5.39. The van der Waals surface area contributed by atoms with Crippen LogP contribution in [-0.2, 0) is 6.42 Å². The SMILES string of the molecule is CN(CCc1ccccc1I)C(C(=O)c1ccccc1)c1ccccc1. The minimum atomic E-state index is -0.278. The Labute approximate surface area is 169 Å². The third kappa shape index (κ3) is 4.59. The molecular formula is C23H22INO. The van der Waals surface area contributed by atoms with E-state index in [1.165, 1.54) is 9.13 Å². The molecule has 3 rings (SSSR count). The minimum Gasteiger partial charge on any atom is -0.292 e. The minimum absolute atomic E-state index is 0.141. The van der Waals surface area contributed by atoms with Gasteiger partial charge in [0.05, 0.1) is 6.04 Å². The molecule has 0 radical (unpaired) electrons. The van der Waals surface area contributed by atoms with Crippen molar-refractivity contribution in [1.29, 1.82) is 0 Å². The zero-order chi connectivity index (χ0) is 18.4. The van der Waals surface area contributed by atoms with Crippen LogP contribution < -0.4 is 0 Å². The van der Waals surface area contributed by atoms with Gasteiger partial charge in [0.1, 0.15) is 0 Å². The third-order valence-corrected chi connectivity index (χ3v) is 5.61. The molecule has 0 bridgehead atoms. The number of rotatable bonds is 7. The summed E-state index contributed by atoms with van der Waals surface area (Å²) >= 11 is 2.37. The first kappa shape index (κ1) is 18.8. The number of hydrogen-bond acceptors (Lipinski definition) is 2. The van der Waals surface area contributed by atoms with Gasteiger partial charge in [0, 0.05) is 15.7 Å². The second-order valence-corrected chi connectivity index (χ2v) is 7.53.